The van der Waals surface area contributed by atoms with Crippen molar-refractivity contribution >= 4 is 5.91 Å². The highest BCUT2D eigenvalue weighted by atomic mass is 16.3. The Kier molecular flexibility index (Phi) is 3.02. The molecule has 1 N–H and O–H groups in total. The zero-order chi connectivity index (χ0) is 14.2. The van der Waals surface area contributed by atoms with Gasteiger partial charge in [-0.1, -0.05) is 0 Å². The zero-order valence-corrected chi connectivity index (χ0v) is 11.8. The van der Waals surface area contributed by atoms with Crippen LogP contribution in [0.2, 0.25) is 0 Å². The van der Waals surface area contributed by atoms with Crippen LogP contribution in [-0.2, 0) is 0 Å². The monoisotopic (exact) mass is 286 g/mol. The summed E-state index contributed by atoms with van der Waals surface area (Å²) in [5.74, 6) is 2.14. The predicted molar refractivity (Wildman–Crippen MR) is 74.7 cm³/mol. The number of nitrogens with one attached hydrogen (secondary N) is 1. The van der Waals surface area contributed by atoms with Gasteiger partial charge in [-0.15, -0.1) is 0 Å². The average Bonchev–Trinajstić information content (AvgIpc) is 3.05. The molecule has 6 heteroatoms. The number of piperidine rings is 1. The molecule has 2 fully saturated rings. The number of H-pyrrole nitrogens is 1. The van der Waals surface area contributed by atoms with E-state index in [0.29, 0.717) is 5.92 Å². The van der Waals surface area contributed by atoms with Crippen molar-refractivity contribution in [2.75, 3.05) is 6.54 Å². The molecule has 0 unspecified atom stereocenters. The van der Waals surface area contributed by atoms with Crippen molar-refractivity contribution in [1.82, 2.24) is 20.1 Å². The SMILES string of the molecule is O=C(c1ccoc1C1CC1)N1CCCC[C@@H]1c1ncn[nH]1. The van der Waals surface area contributed by atoms with Gasteiger partial charge in [-0.25, -0.2) is 4.98 Å². The lowest BCUT2D eigenvalue weighted by Crippen LogP contribution is -2.39. The second-order valence-corrected chi connectivity index (χ2v) is 5.85. The molecule has 1 aliphatic carbocycles. The first-order valence-corrected chi connectivity index (χ1v) is 7.58. The van der Waals surface area contributed by atoms with Crippen molar-refractivity contribution in [3.8, 4) is 0 Å². The topological polar surface area (TPSA) is 75.0 Å². The Morgan fingerprint density at radius 2 is 2.24 bits per heavy atom. The van der Waals surface area contributed by atoms with Crippen molar-refractivity contribution in [3.63, 3.8) is 0 Å². The van der Waals surface area contributed by atoms with E-state index in [1.54, 1.807) is 6.26 Å². The fourth-order valence-electron chi connectivity index (χ4n) is 3.15. The van der Waals surface area contributed by atoms with E-state index in [2.05, 4.69) is 15.2 Å². The molecule has 2 aliphatic rings. The van der Waals surface area contributed by atoms with Crippen molar-refractivity contribution < 1.29 is 9.21 Å². The van der Waals surface area contributed by atoms with Crippen molar-refractivity contribution in [3.05, 3.63) is 35.8 Å². The number of nitrogens with zero attached hydrogens (tertiary/aromatic N) is 3. The van der Waals surface area contributed by atoms with E-state index in [9.17, 15) is 4.79 Å². The van der Waals surface area contributed by atoms with Gasteiger partial charge in [-0.3, -0.25) is 9.89 Å². The number of hydrogen-bond acceptors (Lipinski definition) is 4. The van der Waals surface area contributed by atoms with E-state index in [0.717, 1.165) is 55.8 Å². The third kappa shape index (κ3) is 2.24. The Labute approximate surface area is 122 Å². The van der Waals surface area contributed by atoms with Crippen molar-refractivity contribution in [1.29, 1.82) is 0 Å². The molecule has 1 amide bonds. The maximum absolute atomic E-state index is 12.9. The number of aromatic amines is 1. The molecule has 2 aromatic heterocycles. The molecule has 0 radical (unpaired) electrons. The maximum atomic E-state index is 12.9. The first kappa shape index (κ1) is 12.6. The van der Waals surface area contributed by atoms with Gasteiger partial charge < -0.3 is 9.32 Å². The van der Waals surface area contributed by atoms with E-state index in [1.165, 1.54) is 6.33 Å². The second-order valence-electron chi connectivity index (χ2n) is 5.85. The Hall–Kier alpha value is -2.11. The first-order valence-electron chi connectivity index (χ1n) is 7.58. The lowest BCUT2D eigenvalue weighted by Gasteiger charge is -2.34. The summed E-state index contributed by atoms with van der Waals surface area (Å²) in [5.41, 5.74) is 0.726. The molecule has 21 heavy (non-hydrogen) atoms. The van der Waals surface area contributed by atoms with Gasteiger partial charge in [0.2, 0.25) is 0 Å². The lowest BCUT2D eigenvalue weighted by atomic mass is 10.00. The molecule has 0 spiro atoms. The lowest BCUT2D eigenvalue weighted by molar-refractivity contribution is 0.0598. The van der Waals surface area contributed by atoms with Crippen LogP contribution in [0, 0.1) is 0 Å². The third-order valence-corrected chi connectivity index (χ3v) is 4.39. The number of carbonyl (C=O) groups excluding carboxylic acids is 1. The van der Waals surface area contributed by atoms with E-state index < -0.39 is 0 Å². The number of likely N-dealkylation sites (tertiary alicyclic amines) is 1. The van der Waals surface area contributed by atoms with Gasteiger partial charge in [0.15, 0.2) is 0 Å². The van der Waals surface area contributed by atoms with Gasteiger partial charge >= 0.3 is 0 Å². The zero-order valence-electron chi connectivity index (χ0n) is 11.8. The van der Waals surface area contributed by atoms with Crippen LogP contribution in [0.1, 0.15) is 66.0 Å². The molecular weight excluding hydrogens is 268 g/mol. The Morgan fingerprint density at radius 3 is 3.00 bits per heavy atom. The number of furan rings is 1. The van der Waals surface area contributed by atoms with Crippen molar-refractivity contribution in [2.24, 2.45) is 0 Å². The van der Waals surface area contributed by atoms with Gasteiger partial charge in [0.1, 0.15) is 17.9 Å². The average molecular weight is 286 g/mol. The van der Waals surface area contributed by atoms with Crippen molar-refractivity contribution in [2.45, 2.75) is 44.1 Å². The largest absolute Gasteiger partial charge is 0.468 e. The minimum absolute atomic E-state index is 0.00398. The van der Waals surface area contributed by atoms with Gasteiger partial charge in [0.25, 0.3) is 5.91 Å². The van der Waals surface area contributed by atoms with E-state index in [4.69, 9.17) is 4.42 Å². The molecule has 0 aromatic carbocycles. The van der Waals surface area contributed by atoms with Gasteiger partial charge in [0.05, 0.1) is 17.9 Å². The molecule has 1 atom stereocenters. The summed E-state index contributed by atoms with van der Waals surface area (Å²) in [6.07, 6.45) is 8.45. The number of hydrogen-bond donors (Lipinski definition) is 1. The minimum atomic E-state index is -0.00398. The molecule has 3 heterocycles. The van der Waals surface area contributed by atoms with Crippen LogP contribution in [0.15, 0.2) is 23.1 Å². The standard InChI is InChI=1S/C15H18N4O2/c20-15(11-6-8-21-13(11)10-4-5-10)19-7-2-1-3-12(19)14-16-9-17-18-14/h6,8-10,12H,1-5,7H2,(H,16,17,18)/t12-/m1/s1. The van der Waals surface area contributed by atoms with Gasteiger partial charge in [0, 0.05) is 12.5 Å². The fraction of sp³-hybridized carbons (Fsp3) is 0.533. The van der Waals surface area contributed by atoms with Gasteiger partial charge in [-0.05, 0) is 38.2 Å². The maximum Gasteiger partial charge on any atom is 0.258 e. The molecule has 4 rings (SSSR count). The molecule has 0 bridgehead atoms. The first-order chi connectivity index (χ1) is 10.3. The predicted octanol–water partition coefficient (Wildman–Crippen LogP) is 2.64. The molecule has 1 saturated heterocycles. The number of carbonyl (C=O) groups is 1. The molecule has 1 aliphatic heterocycles. The Balaban J connectivity index is 1.63. The Bertz CT molecular complexity index is 630. The van der Waals surface area contributed by atoms with Gasteiger partial charge in [-0.2, -0.15) is 5.10 Å². The van der Waals surface area contributed by atoms with Crippen LogP contribution in [0.3, 0.4) is 0 Å². The molecular formula is C15H18N4O2. The van der Waals surface area contributed by atoms with E-state index in [-0.39, 0.29) is 11.9 Å². The second kappa shape index (κ2) is 5.02. The van der Waals surface area contributed by atoms with Crippen LogP contribution in [0.25, 0.3) is 0 Å². The molecule has 1 saturated carbocycles. The molecule has 6 nitrogen and oxygen atoms in total. The van der Waals surface area contributed by atoms with Crippen LogP contribution >= 0.6 is 0 Å². The highest BCUT2D eigenvalue weighted by Crippen LogP contribution is 2.43. The highest BCUT2D eigenvalue weighted by Gasteiger charge is 2.36. The summed E-state index contributed by atoms with van der Waals surface area (Å²) in [6.45, 7) is 0.763. The van der Waals surface area contributed by atoms with E-state index >= 15 is 0 Å². The van der Waals surface area contributed by atoms with Crippen LogP contribution < -0.4 is 0 Å². The van der Waals surface area contributed by atoms with Crippen LogP contribution in [-0.4, -0.2) is 32.5 Å². The molecule has 110 valence electrons. The summed E-state index contributed by atoms with van der Waals surface area (Å²) in [5, 5.41) is 6.83. The summed E-state index contributed by atoms with van der Waals surface area (Å²) in [7, 11) is 0. The van der Waals surface area contributed by atoms with Crippen LogP contribution in [0.4, 0.5) is 0 Å². The summed E-state index contributed by atoms with van der Waals surface area (Å²) < 4.78 is 5.54. The summed E-state index contributed by atoms with van der Waals surface area (Å²) in [6, 6.07) is 1.80. The summed E-state index contributed by atoms with van der Waals surface area (Å²) in [4.78, 5) is 19.1. The van der Waals surface area contributed by atoms with Crippen LogP contribution in [0.5, 0.6) is 0 Å². The Morgan fingerprint density at radius 1 is 1.33 bits per heavy atom. The molecule has 2 aromatic rings. The highest BCUT2D eigenvalue weighted by molar-refractivity contribution is 5.95. The quantitative estimate of drug-likeness (QED) is 0.941. The number of aromatic nitrogens is 3. The fourth-order valence-corrected chi connectivity index (χ4v) is 3.15. The normalized spacial score (nSPS) is 22.5. The summed E-state index contributed by atoms with van der Waals surface area (Å²) >= 11 is 0. The minimum Gasteiger partial charge on any atom is -0.468 e. The van der Waals surface area contributed by atoms with E-state index in [1.807, 2.05) is 11.0 Å². The number of rotatable bonds is 3. The smallest absolute Gasteiger partial charge is 0.258 e. The third-order valence-electron chi connectivity index (χ3n) is 4.39. The number of amides is 1.